The summed E-state index contributed by atoms with van der Waals surface area (Å²) >= 11 is 6.06. The van der Waals surface area contributed by atoms with Gasteiger partial charge in [0.05, 0.1) is 0 Å². The van der Waals surface area contributed by atoms with E-state index >= 15 is 0 Å². The smallest absolute Gasteiger partial charge is 0.123 e. The molecule has 1 N–H and O–H groups in total. The van der Waals surface area contributed by atoms with E-state index in [2.05, 4.69) is 29.6 Å². The molecule has 1 aliphatic carbocycles. The zero-order chi connectivity index (χ0) is 13.2. The fourth-order valence-electron chi connectivity index (χ4n) is 2.64. The maximum absolute atomic E-state index is 13.2. The van der Waals surface area contributed by atoms with E-state index < -0.39 is 0 Å². The van der Waals surface area contributed by atoms with Crippen molar-refractivity contribution in [3.63, 3.8) is 0 Å². The van der Waals surface area contributed by atoms with Gasteiger partial charge >= 0.3 is 0 Å². The molecule has 2 aromatic carbocycles. The van der Waals surface area contributed by atoms with Gasteiger partial charge in [-0.2, -0.15) is 0 Å². The van der Waals surface area contributed by atoms with Crippen LogP contribution in [-0.4, -0.2) is 6.04 Å². The van der Waals surface area contributed by atoms with Crippen molar-refractivity contribution in [1.82, 2.24) is 5.32 Å². The van der Waals surface area contributed by atoms with E-state index in [4.69, 9.17) is 11.6 Å². The van der Waals surface area contributed by atoms with Crippen LogP contribution in [-0.2, 0) is 19.4 Å². The van der Waals surface area contributed by atoms with Gasteiger partial charge in [-0.1, -0.05) is 35.9 Å². The van der Waals surface area contributed by atoms with Crippen molar-refractivity contribution < 1.29 is 4.39 Å². The van der Waals surface area contributed by atoms with E-state index in [0.717, 1.165) is 18.4 Å². The van der Waals surface area contributed by atoms with Crippen LogP contribution in [0.25, 0.3) is 0 Å². The SMILES string of the molecule is Fc1ccc(Cl)c(CNC2Cc3ccccc3C2)c1. The van der Waals surface area contributed by atoms with Crippen molar-refractivity contribution in [2.24, 2.45) is 0 Å². The average molecular weight is 276 g/mol. The summed E-state index contributed by atoms with van der Waals surface area (Å²) in [6.45, 7) is 0.606. The van der Waals surface area contributed by atoms with E-state index in [1.807, 2.05) is 0 Å². The highest BCUT2D eigenvalue weighted by Crippen LogP contribution is 2.23. The molecule has 0 atom stereocenters. The minimum absolute atomic E-state index is 0.240. The van der Waals surface area contributed by atoms with Crippen LogP contribution in [0.1, 0.15) is 16.7 Å². The molecule has 19 heavy (non-hydrogen) atoms. The Kier molecular flexibility index (Phi) is 3.54. The van der Waals surface area contributed by atoms with E-state index in [9.17, 15) is 4.39 Å². The van der Waals surface area contributed by atoms with Crippen LogP contribution in [0.5, 0.6) is 0 Å². The normalized spacial score (nSPS) is 14.6. The molecular weight excluding hydrogens is 261 g/mol. The third-order valence-electron chi connectivity index (χ3n) is 3.64. The molecule has 0 spiro atoms. The highest BCUT2D eigenvalue weighted by Gasteiger charge is 2.20. The Morgan fingerprint density at radius 2 is 1.79 bits per heavy atom. The zero-order valence-electron chi connectivity index (χ0n) is 10.5. The molecule has 0 saturated heterocycles. The number of benzene rings is 2. The van der Waals surface area contributed by atoms with Gasteiger partial charge in [0.25, 0.3) is 0 Å². The predicted molar refractivity (Wildman–Crippen MR) is 75.9 cm³/mol. The number of halogens is 2. The van der Waals surface area contributed by atoms with Gasteiger partial charge in [0.2, 0.25) is 0 Å². The zero-order valence-corrected chi connectivity index (χ0v) is 11.3. The lowest BCUT2D eigenvalue weighted by Gasteiger charge is -2.12. The second-order valence-corrected chi connectivity index (χ2v) is 5.40. The van der Waals surface area contributed by atoms with E-state index in [-0.39, 0.29) is 5.82 Å². The van der Waals surface area contributed by atoms with Crippen LogP contribution in [0, 0.1) is 5.82 Å². The highest BCUT2D eigenvalue weighted by molar-refractivity contribution is 6.31. The third-order valence-corrected chi connectivity index (χ3v) is 4.01. The molecule has 98 valence electrons. The molecule has 0 unspecified atom stereocenters. The minimum atomic E-state index is -0.240. The monoisotopic (exact) mass is 275 g/mol. The molecule has 0 amide bonds. The Morgan fingerprint density at radius 1 is 1.11 bits per heavy atom. The standard InChI is InChI=1S/C16H15ClFN/c17-16-6-5-14(18)7-13(16)10-19-15-8-11-3-1-2-4-12(11)9-15/h1-7,15,19H,8-10H2. The van der Waals surface area contributed by atoms with Crippen LogP contribution in [0.4, 0.5) is 4.39 Å². The largest absolute Gasteiger partial charge is 0.309 e. The van der Waals surface area contributed by atoms with Crippen molar-refractivity contribution in [3.8, 4) is 0 Å². The van der Waals surface area contributed by atoms with Crippen molar-refractivity contribution in [2.75, 3.05) is 0 Å². The summed E-state index contributed by atoms with van der Waals surface area (Å²) in [5.41, 5.74) is 3.63. The van der Waals surface area contributed by atoms with Gasteiger partial charge in [0, 0.05) is 17.6 Å². The summed E-state index contributed by atoms with van der Waals surface area (Å²) in [6, 6.07) is 13.4. The summed E-state index contributed by atoms with van der Waals surface area (Å²) in [5, 5.41) is 4.08. The average Bonchev–Trinajstić information content (AvgIpc) is 2.82. The van der Waals surface area contributed by atoms with Crippen molar-refractivity contribution >= 4 is 11.6 Å². The number of hydrogen-bond donors (Lipinski definition) is 1. The van der Waals surface area contributed by atoms with Crippen molar-refractivity contribution in [3.05, 3.63) is 70.0 Å². The maximum Gasteiger partial charge on any atom is 0.123 e. The maximum atomic E-state index is 13.2. The molecule has 3 heteroatoms. The first-order chi connectivity index (χ1) is 9.22. The molecule has 0 radical (unpaired) electrons. The summed E-state index contributed by atoms with van der Waals surface area (Å²) in [5.74, 6) is -0.240. The van der Waals surface area contributed by atoms with Gasteiger partial charge in [-0.3, -0.25) is 0 Å². The van der Waals surface area contributed by atoms with Crippen LogP contribution in [0.15, 0.2) is 42.5 Å². The second-order valence-electron chi connectivity index (χ2n) is 4.99. The number of nitrogens with one attached hydrogen (secondary N) is 1. The highest BCUT2D eigenvalue weighted by atomic mass is 35.5. The first-order valence-electron chi connectivity index (χ1n) is 6.46. The molecule has 3 rings (SSSR count). The lowest BCUT2D eigenvalue weighted by molar-refractivity contribution is 0.530. The molecule has 0 heterocycles. The van der Waals surface area contributed by atoms with Gasteiger partial charge in [0.1, 0.15) is 5.82 Å². The molecule has 0 fully saturated rings. The fraction of sp³-hybridized carbons (Fsp3) is 0.250. The molecule has 1 nitrogen and oxygen atoms in total. The number of fused-ring (bicyclic) bond motifs is 1. The molecule has 0 aliphatic heterocycles. The molecule has 0 saturated carbocycles. The summed E-state index contributed by atoms with van der Waals surface area (Å²) in [6.07, 6.45) is 2.06. The van der Waals surface area contributed by atoms with Gasteiger partial charge in [-0.15, -0.1) is 0 Å². The summed E-state index contributed by atoms with van der Waals surface area (Å²) in [7, 11) is 0. The lowest BCUT2D eigenvalue weighted by atomic mass is 10.1. The minimum Gasteiger partial charge on any atom is -0.309 e. The summed E-state index contributed by atoms with van der Waals surface area (Å²) < 4.78 is 13.2. The Bertz CT molecular complexity index is 572. The lowest BCUT2D eigenvalue weighted by Crippen LogP contribution is -2.29. The molecule has 0 aromatic heterocycles. The molecule has 1 aliphatic rings. The Morgan fingerprint density at radius 3 is 2.47 bits per heavy atom. The van der Waals surface area contributed by atoms with Gasteiger partial charge in [-0.25, -0.2) is 4.39 Å². The first kappa shape index (κ1) is 12.6. The van der Waals surface area contributed by atoms with E-state index in [1.165, 1.54) is 23.3 Å². The van der Waals surface area contributed by atoms with Crippen molar-refractivity contribution in [1.29, 1.82) is 0 Å². The molecule has 0 bridgehead atoms. The number of hydrogen-bond acceptors (Lipinski definition) is 1. The fourth-order valence-corrected chi connectivity index (χ4v) is 2.82. The van der Waals surface area contributed by atoms with Crippen LogP contribution in [0.3, 0.4) is 0 Å². The van der Waals surface area contributed by atoms with Gasteiger partial charge in [-0.05, 0) is 47.7 Å². The quantitative estimate of drug-likeness (QED) is 0.900. The Labute approximate surface area is 117 Å². The van der Waals surface area contributed by atoms with E-state index in [0.29, 0.717) is 17.6 Å². The molecular formula is C16H15ClFN. The Balaban J connectivity index is 1.64. The predicted octanol–water partition coefficient (Wildman–Crippen LogP) is 3.74. The van der Waals surface area contributed by atoms with Crippen LogP contribution in [0.2, 0.25) is 5.02 Å². The van der Waals surface area contributed by atoms with E-state index in [1.54, 1.807) is 6.07 Å². The number of rotatable bonds is 3. The second kappa shape index (κ2) is 5.32. The third kappa shape index (κ3) is 2.80. The first-order valence-corrected chi connectivity index (χ1v) is 6.84. The van der Waals surface area contributed by atoms with Crippen LogP contribution >= 0.6 is 11.6 Å². The topological polar surface area (TPSA) is 12.0 Å². The molecule has 2 aromatic rings. The Hall–Kier alpha value is -1.38. The van der Waals surface area contributed by atoms with Crippen molar-refractivity contribution in [2.45, 2.75) is 25.4 Å². The summed E-state index contributed by atoms with van der Waals surface area (Å²) in [4.78, 5) is 0. The van der Waals surface area contributed by atoms with Crippen LogP contribution < -0.4 is 5.32 Å². The van der Waals surface area contributed by atoms with Gasteiger partial charge < -0.3 is 5.32 Å². The van der Waals surface area contributed by atoms with Gasteiger partial charge in [0.15, 0.2) is 0 Å².